The zero-order valence-electron chi connectivity index (χ0n) is 10.9. The van der Waals surface area contributed by atoms with E-state index in [-0.39, 0.29) is 6.10 Å². The predicted octanol–water partition coefficient (Wildman–Crippen LogP) is 3.74. The number of ether oxygens (including phenoxy) is 1. The molecule has 0 bridgehead atoms. The van der Waals surface area contributed by atoms with Gasteiger partial charge in [-0.2, -0.15) is 4.98 Å². The molecule has 0 saturated heterocycles. The fraction of sp³-hybridized carbons (Fsp3) is 0.385. The highest BCUT2D eigenvalue weighted by atomic mass is 79.9. The maximum atomic E-state index is 5.53. The molecular weight excluding hydrogens is 326 g/mol. The Bertz CT molecular complexity index is 530. The maximum Gasteiger partial charge on any atom is 0.225 e. The number of hydrogen-bond donors (Lipinski definition) is 1. The van der Waals surface area contributed by atoms with E-state index < -0.39 is 0 Å². The van der Waals surface area contributed by atoms with Crippen molar-refractivity contribution < 1.29 is 4.74 Å². The van der Waals surface area contributed by atoms with E-state index in [9.17, 15) is 0 Å². The number of thiophene rings is 1. The Hall–Kier alpha value is -1.14. The molecule has 0 aromatic carbocycles. The molecule has 0 radical (unpaired) electrons. The van der Waals surface area contributed by atoms with E-state index in [1.54, 1.807) is 23.6 Å². The van der Waals surface area contributed by atoms with Crippen molar-refractivity contribution in [3.8, 4) is 5.88 Å². The molecule has 1 N–H and O–H groups in total. The van der Waals surface area contributed by atoms with Gasteiger partial charge in [0.15, 0.2) is 0 Å². The van der Waals surface area contributed by atoms with E-state index in [1.165, 1.54) is 4.88 Å². The highest BCUT2D eigenvalue weighted by Gasteiger charge is 2.02. The minimum atomic E-state index is 0.117. The predicted molar refractivity (Wildman–Crippen MR) is 82.0 cm³/mol. The molecule has 0 amide bonds. The first-order valence-electron chi connectivity index (χ1n) is 6.11. The third-order valence-electron chi connectivity index (χ3n) is 2.27. The van der Waals surface area contributed by atoms with Gasteiger partial charge < -0.3 is 10.1 Å². The van der Waals surface area contributed by atoms with Gasteiger partial charge in [-0.1, -0.05) is 0 Å². The third-order valence-corrected chi connectivity index (χ3v) is 3.95. The van der Waals surface area contributed by atoms with Crippen LogP contribution in [0.1, 0.15) is 18.7 Å². The number of anilines is 1. The lowest BCUT2D eigenvalue weighted by molar-refractivity contribution is 0.232. The Kier molecular flexibility index (Phi) is 5.15. The minimum Gasteiger partial charge on any atom is -0.475 e. The Balaban J connectivity index is 1.85. The van der Waals surface area contributed by atoms with E-state index >= 15 is 0 Å². The van der Waals surface area contributed by atoms with Crippen molar-refractivity contribution in [2.75, 3.05) is 11.9 Å². The van der Waals surface area contributed by atoms with E-state index in [4.69, 9.17) is 4.74 Å². The van der Waals surface area contributed by atoms with Crippen LogP contribution in [0.2, 0.25) is 0 Å². The molecule has 0 atom stereocenters. The lowest BCUT2D eigenvalue weighted by Gasteiger charge is -2.09. The third kappa shape index (κ3) is 4.80. The van der Waals surface area contributed by atoms with Gasteiger partial charge >= 0.3 is 0 Å². The molecule has 0 aliphatic rings. The quantitative estimate of drug-likeness (QED) is 0.869. The summed E-state index contributed by atoms with van der Waals surface area (Å²) >= 11 is 5.20. The summed E-state index contributed by atoms with van der Waals surface area (Å²) in [5.41, 5.74) is 0. The van der Waals surface area contributed by atoms with Crippen molar-refractivity contribution >= 4 is 33.2 Å². The van der Waals surface area contributed by atoms with Gasteiger partial charge in [0.2, 0.25) is 11.8 Å². The van der Waals surface area contributed by atoms with Gasteiger partial charge in [0.25, 0.3) is 0 Å². The number of hydrogen-bond acceptors (Lipinski definition) is 5. The summed E-state index contributed by atoms with van der Waals surface area (Å²) in [4.78, 5) is 9.80. The molecule has 0 saturated carbocycles. The maximum absolute atomic E-state index is 5.53. The Morgan fingerprint density at radius 3 is 2.89 bits per heavy atom. The van der Waals surface area contributed by atoms with Crippen LogP contribution in [0.3, 0.4) is 0 Å². The summed E-state index contributed by atoms with van der Waals surface area (Å²) in [5.74, 6) is 1.21. The van der Waals surface area contributed by atoms with E-state index in [2.05, 4.69) is 43.3 Å². The van der Waals surface area contributed by atoms with Crippen LogP contribution in [0.5, 0.6) is 5.88 Å². The van der Waals surface area contributed by atoms with E-state index in [1.807, 2.05) is 13.8 Å². The molecule has 2 aromatic rings. The number of rotatable bonds is 6. The number of nitrogens with one attached hydrogen (secondary N) is 1. The van der Waals surface area contributed by atoms with Gasteiger partial charge in [-0.05, 0) is 48.3 Å². The molecule has 102 valence electrons. The molecule has 19 heavy (non-hydrogen) atoms. The zero-order valence-corrected chi connectivity index (χ0v) is 13.3. The zero-order chi connectivity index (χ0) is 13.7. The largest absolute Gasteiger partial charge is 0.475 e. The first-order chi connectivity index (χ1) is 9.13. The Morgan fingerprint density at radius 2 is 2.21 bits per heavy atom. The number of halogens is 1. The molecule has 0 aliphatic heterocycles. The SMILES string of the molecule is CC(C)Oc1ccnc(NCCc2ccc(Br)s2)n1. The van der Waals surface area contributed by atoms with Crippen molar-refractivity contribution in [2.45, 2.75) is 26.4 Å². The van der Waals surface area contributed by atoms with E-state index in [0.717, 1.165) is 16.8 Å². The van der Waals surface area contributed by atoms with Gasteiger partial charge in [-0.3, -0.25) is 0 Å². The van der Waals surface area contributed by atoms with Crippen LogP contribution in [-0.4, -0.2) is 22.6 Å². The second-order valence-electron chi connectivity index (χ2n) is 4.27. The van der Waals surface area contributed by atoms with Crippen LogP contribution in [0, 0.1) is 0 Å². The normalized spacial score (nSPS) is 10.7. The van der Waals surface area contributed by atoms with Crippen LogP contribution in [0.4, 0.5) is 5.95 Å². The van der Waals surface area contributed by atoms with Crippen LogP contribution in [-0.2, 0) is 6.42 Å². The average molecular weight is 342 g/mol. The monoisotopic (exact) mass is 341 g/mol. The molecule has 0 spiro atoms. The van der Waals surface area contributed by atoms with Gasteiger partial charge in [-0.25, -0.2) is 4.98 Å². The minimum absolute atomic E-state index is 0.117. The van der Waals surface area contributed by atoms with Crippen LogP contribution < -0.4 is 10.1 Å². The highest BCUT2D eigenvalue weighted by molar-refractivity contribution is 9.11. The topological polar surface area (TPSA) is 47.0 Å². The molecule has 6 heteroatoms. The van der Waals surface area contributed by atoms with E-state index in [0.29, 0.717) is 11.8 Å². The van der Waals surface area contributed by atoms with Gasteiger partial charge in [0, 0.05) is 23.7 Å². The van der Waals surface area contributed by atoms with Gasteiger partial charge in [-0.15, -0.1) is 11.3 Å². The molecule has 2 heterocycles. The van der Waals surface area contributed by atoms with Crippen LogP contribution in [0.25, 0.3) is 0 Å². The number of aromatic nitrogens is 2. The first-order valence-corrected chi connectivity index (χ1v) is 7.72. The second-order valence-corrected chi connectivity index (χ2v) is 6.82. The smallest absolute Gasteiger partial charge is 0.225 e. The summed E-state index contributed by atoms with van der Waals surface area (Å²) < 4.78 is 6.69. The van der Waals surface area contributed by atoms with Crippen molar-refractivity contribution in [1.82, 2.24) is 9.97 Å². The molecule has 4 nitrogen and oxygen atoms in total. The molecular formula is C13H16BrN3OS. The van der Waals surface area contributed by atoms with Gasteiger partial charge in [0.05, 0.1) is 9.89 Å². The standard InChI is InChI=1S/C13H16BrN3OS/c1-9(2)18-12-6-8-16-13(17-12)15-7-5-10-3-4-11(14)19-10/h3-4,6,8-9H,5,7H2,1-2H3,(H,15,16,17). The highest BCUT2D eigenvalue weighted by Crippen LogP contribution is 2.22. The van der Waals surface area contributed by atoms with Gasteiger partial charge in [0.1, 0.15) is 0 Å². The van der Waals surface area contributed by atoms with Crippen LogP contribution >= 0.6 is 27.3 Å². The fourth-order valence-corrected chi connectivity index (χ4v) is 3.00. The number of nitrogens with zero attached hydrogens (tertiary/aromatic N) is 2. The van der Waals surface area contributed by atoms with Crippen molar-refractivity contribution in [1.29, 1.82) is 0 Å². The lowest BCUT2D eigenvalue weighted by Crippen LogP contribution is -2.10. The molecule has 2 aromatic heterocycles. The summed E-state index contributed by atoms with van der Waals surface area (Å²) in [6.07, 6.45) is 2.77. The molecule has 0 aliphatic carbocycles. The van der Waals surface area contributed by atoms with Crippen LogP contribution in [0.15, 0.2) is 28.2 Å². The Labute approximate surface area is 125 Å². The first kappa shape index (κ1) is 14.3. The van der Waals surface area contributed by atoms with Crippen molar-refractivity contribution in [3.63, 3.8) is 0 Å². The average Bonchev–Trinajstić information content (AvgIpc) is 2.75. The summed E-state index contributed by atoms with van der Waals surface area (Å²) in [7, 11) is 0. The summed E-state index contributed by atoms with van der Waals surface area (Å²) in [6, 6.07) is 5.95. The fourth-order valence-electron chi connectivity index (χ4n) is 1.52. The summed E-state index contributed by atoms with van der Waals surface area (Å²) in [5, 5.41) is 3.21. The second kappa shape index (κ2) is 6.86. The van der Waals surface area contributed by atoms with Crippen molar-refractivity contribution in [3.05, 3.63) is 33.1 Å². The molecule has 0 fully saturated rings. The molecule has 2 rings (SSSR count). The Morgan fingerprint density at radius 1 is 1.37 bits per heavy atom. The molecule has 0 unspecified atom stereocenters. The van der Waals surface area contributed by atoms with Crippen molar-refractivity contribution in [2.24, 2.45) is 0 Å². The summed E-state index contributed by atoms with van der Waals surface area (Å²) in [6.45, 7) is 4.76. The lowest BCUT2D eigenvalue weighted by atomic mass is 10.3.